The minimum absolute atomic E-state index is 0.180. The molecule has 0 spiro atoms. The lowest BCUT2D eigenvalue weighted by molar-refractivity contribution is -0.119. The lowest BCUT2D eigenvalue weighted by atomic mass is 10.4. The molecular weight excluding hydrogens is 228 g/mol. The summed E-state index contributed by atoms with van der Waals surface area (Å²) in [7, 11) is -3.44. The van der Waals surface area contributed by atoms with Crippen molar-refractivity contribution in [3.63, 3.8) is 0 Å². The molecule has 1 N–H and O–H groups in total. The van der Waals surface area contributed by atoms with Crippen LogP contribution in [0.25, 0.3) is 0 Å². The van der Waals surface area contributed by atoms with Crippen LogP contribution in [0.4, 0.5) is 0 Å². The van der Waals surface area contributed by atoms with Crippen molar-refractivity contribution in [3.8, 4) is 6.19 Å². The third-order valence-corrected chi connectivity index (χ3v) is 3.63. The maximum atomic E-state index is 11.7. The van der Waals surface area contributed by atoms with E-state index in [1.54, 1.807) is 18.2 Å². The first-order valence-corrected chi connectivity index (χ1v) is 6.17. The van der Waals surface area contributed by atoms with E-state index in [2.05, 4.69) is 0 Å². The van der Waals surface area contributed by atoms with E-state index in [0.29, 0.717) is 0 Å². The van der Waals surface area contributed by atoms with Gasteiger partial charge in [-0.1, -0.05) is 18.2 Å². The fourth-order valence-corrected chi connectivity index (χ4v) is 2.36. The molecule has 5 nitrogen and oxygen atoms in total. The van der Waals surface area contributed by atoms with Gasteiger partial charge in [0.2, 0.25) is 5.91 Å². The van der Waals surface area contributed by atoms with Crippen LogP contribution >= 0.6 is 0 Å². The number of hydrogen-bond donors (Lipinski definition) is 1. The van der Waals surface area contributed by atoms with Crippen molar-refractivity contribution in [3.05, 3.63) is 30.3 Å². The quantitative estimate of drug-likeness (QED) is 0.609. The molecule has 6 heteroatoms. The molecule has 1 aromatic carbocycles. The number of amides is 1. The molecule has 1 rings (SSSR count). The minimum Gasteiger partial charge on any atom is -0.274 e. The van der Waals surface area contributed by atoms with Crippen molar-refractivity contribution in [2.24, 2.45) is 0 Å². The van der Waals surface area contributed by atoms with Gasteiger partial charge in [-0.25, -0.2) is 8.42 Å². The Morgan fingerprint density at radius 1 is 1.31 bits per heavy atom. The minimum atomic E-state index is -3.44. The normalized spacial score (nSPS) is 10.4. The highest BCUT2D eigenvalue weighted by atomic mass is 32.2. The topological polar surface area (TPSA) is 87.0 Å². The van der Waals surface area contributed by atoms with Crippen LogP contribution in [0.2, 0.25) is 0 Å². The highest BCUT2D eigenvalue weighted by molar-refractivity contribution is 7.91. The third-order valence-electron chi connectivity index (χ3n) is 1.90. The summed E-state index contributed by atoms with van der Waals surface area (Å²) in [6.45, 7) is 0. The zero-order valence-corrected chi connectivity index (χ0v) is 9.20. The van der Waals surface area contributed by atoms with Crippen molar-refractivity contribution in [1.82, 2.24) is 5.32 Å². The van der Waals surface area contributed by atoms with Crippen LogP contribution < -0.4 is 5.32 Å². The fourth-order valence-electron chi connectivity index (χ4n) is 1.10. The van der Waals surface area contributed by atoms with Gasteiger partial charge in [0.15, 0.2) is 16.0 Å². The lowest BCUT2D eigenvalue weighted by Crippen LogP contribution is -2.21. The van der Waals surface area contributed by atoms with E-state index in [1.165, 1.54) is 18.3 Å². The highest BCUT2D eigenvalue weighted by Crippen LogP contribution is 2.10. The van der Waals surface area contributed by atoms with Crippen LogP contribution in [-0.4, -0.2) is 20.1 Å². The van der Waals surface area contributed by atoms with Crippen molar-refractivity contribution in [2.45, 2.75) is 11.3 Å². The predicted octanol–water partition coefficient (Wildman–Crippen LogP) is 0.448. The number of nitriles is 1. The first-order chi connectivity index (χ1) is 7.56. The molecular formula is C10H10N2O3S. The zero-order chi connectivity index (χ0) is 12.0. The largest absolute Gasteiger partial charge is 0.274 e. The molecule has 0 atom stereocenters. The molecule has 0 unspecified atom stereocenters. The van der Waals surface area contributed by atoms with Crippen LogP contribution in [0, 0.1) is 11.5 Å². The van der Waals surface area contributed by atoms with E-state index >= 15 is 0 Å². The summed E-state index contributed by atoms with van der Waals surface area (Å²) in [5.74, 6) is -0.896. The van der Waals surface area contributed by atoms with Crippen molar-refractivity contribution in [2.75, 3.05) is 5.75 Å². The molecule has 0 aromatic heterocycles. The van der Waals surface area contributed by atoms with E-state index < -0.39 is 15.7 Å². The molecule has 0 bridgehead atoms. The molecule has 0 radical (unpaired) electrons. The molecule has 0 saturated carbocycles. The number of rotatable bonds is 4. The van der Waals surface area contributed by atoms with Crippen molar-refractivity contribution >= 4 is 15.7 Å². The summed E-state index contributed by atoms with van der Waals surface area (Å²) in [4.78, 5) is 11.1. The van der Waals surface area contributed by atoms with Gasteiger partial charge in [-0.15, -0.1) is 0 Å². The summed E-state index contributed by atoms with van der Waals surface area (Å²) in [5.41, 5.74) is 0. The lowest BCUT2D eigenvalue weighted by Gasteiger charge is -2.02. The molecule has 0 aliphatic rings. The van der Waals surface area contributed by atoms with Crippen molar-refractivity contribution in [1.29, 1.82) is 5.26 Å². The summed E-state index contributed by atoms with van der Waals surface area (Å²) in [6.07, 6.45) is 1.23. The maximum Gasteiger partial charge on any atom is 0.234 e. The second-order valence-electron chi connectivity index (χ2n) is 3.04. The monoisotopic (exact) mass is 238 g/mol. The first-order valence-electron chi connectivity index (χ1n) is 4.52. The van der Waals surface area contributed by atoms with Crippen LogP contribution in [0.5, 0.6) is 0 Å². The van der Waals surface area contributed by atoms with Gasteiger partial charge < -0.3 is 0 Å². The van der Waals surface area contributed by atoms with Crippen LogP contribution in [0.1, 0.15) is 6.42 Å². The second kappa shape index (κ2) is 5.28. The highest BCUT2D eigenvalue weighted by Gasteiger charge is 2.15. The molecule has 16 heavy (non-hydrogen) atoms. The van der Waals surface area contributed by atoms with Gasteiger partial charge in [0.1, 0.15) is 0 Å². The van der Waals surface area contributed by atoms with E-state index in [0.717, 1.165) is 0 Å². The predicted molar refractivity (Wildman–Crippen MR) is 56.9 cm³/mol. The fraction of sp³-hybridized carbons (Fsp3) is 0.200. The standard InChI is InChI=1S/C10H10N2O3S/c11-8-12-10(13)6-7-16(14,15)9-4-2-1-3-5-9/h1-5H,6-7H2,(H,12,13). The van der Waals surface area contributed by atoms with Gasteiger partial charge >= 0.3 is 0 Å². The maximum absolute atomic E-state index is 11.7. The SMILES string of the molecule is N#CNC(=O)CCS(=O)(=O)c1ccccc1. The van der Waals surface area contributed by atoms with Crippen molar-refractivity contribution < 1.29 is 13.2 Å². The first kappa shape index (κ1) is 12.2. The Hall–Kier alpha value is -1.87. The second-order valence-corrected chi connectivity index (χ2v) is 5.15. The van der Waals surface area contributed by atoms with Gasteiger partial charge in [0.25, 0.3) is 0 Å². The van der Waals surface area contributed by atoms with E-state index in [-0.39, 0.29) is 17.1 Å². The average molecular weight is 238 g/mol. The third kappa shape index (κ3) is 3.37. The Morgan fingerprint density at radius 2 is 1.94 bits per heavy atom. The van der Waals surface area contributed by atoms with Gasteiger partial charge in [0, 0.05) is 6.42 Å². The Kier molecular flexibility index (Phi) is 4.03. The smallest absolute Gasteiger partial charge is 0.234 e. The number of hydrogen-bond acceptors (Lipinski definition) is 4. The van der Waals surface area contributed by atoms with E-state index in [1.807, 2.05) is 5.32 Å². The summed E-state index contributed by atoms with van der Waals surface area (Å²) >= 11 is 0. The molecule has 0 saturated heterocycles. The molecule has 0 heterocycles. The summed E-state index contributed by atoms with van der Waals surface area (Å²) < 4.78 is 23.4. The van der Waals surface area contributed by atoms with Gasteiger partial charge in [0.05, 0.1) is 10.6 Å². The molecule has 1 aromatic rings. The average Bonchev–Trinajstić information content (AvgIpc) is 2.28. The van der Waals surface area contributed by atoms with Crippen LogP contribution in [0.3, 0.4) is 0 Å². The van der Waals surface area contributed by atoms with Crippen LogP contribution in [0.15, 0.2) is 35.2 Å². The number of carbonyl (C=O) groups is 1. The molecule has 84 valence electrons. The number of benzene rings is 1. The molecule has 0 aliphatic carbocycles. The van der Waals surface area contributed by atoms with Gasteiger partial charge in [-0.05, 0) is 12.1 Å². The number of carbonyl (C=O) groups excluding carboxylic acids is 1. The molecule has 0 aliphatic heterocycles. The Bertz CT molecular complexity index is 503. The number of nitrogens with zero attached hydrogens (tertiary/aromatic N) is 1. The Labute approximate surface area is 93.6 Å². The molecule has 0 fully saturated rings. The summed E-state index contributed by atoms with van der Waals surface area (Å²) in [6, 6.07) is 7.88. The zero-order valence-electron chi connectivity index (χ0n) is 8.38. The molecule has 1 amide bonds. The summed E-state index contributed by atoms with van der Waals surface area (Å²) in [5, 5.41) is 10.0. The Morgan fingerprint density at radius 3 is 2.50 bits per heavy atom. The van der Waals surface area contributed by atoms with E-state index in [9.17, 15) is 13.2 Å². The van der Waals surface area contributed by atoms with Crippen LogP contribution in [-0.2, 0) is 14.6 Å². The van der Waals surface area contributed by atoms with E-state index in [4.69, 9.17) is 5.26 Å². The van der Waals surface area contributed by atoms with Gasteiger partial charge in [-0.2, -0.15) is 5.26 Å². The number of sulfone groups is 1. The Balaban J connectivity index is 2.68. The van der Waals surface area contributed by atoms with Gasteiger partial charge in [-0.3, -0.25) is 10.1 Å². The number of nitrogens with one attached hydrogen (secondary N) is 1.